The van der Waals surface area contributed by atoms with E-state index in [1.54, 1.807) is 24.3 Å². The van der Waals surface area contributed by atoms with E-state index in [0.717, 1.165) is 37.1 Å². The minimum Gasteiger partial charge on any atom is -0.295 e. The lowest BCUT2D eigenvalue weighted by molar-refractivity contribution is 0.102. The minimum absolute atomic E-state index is 0.162. The number of anilines is 1. The van der Waals surface area contributed by atoms with Crippen molar-refractivity contribution in [3.8, 4) is 0 Å². The Kier molecular flexibility index (Phi) is 4.98. The zero-order chi connectivity index (χ0) is 18.8. The van der Waals surface area contributed by atoms with E-state index in [9.17, 15) is 9.59 Å². The highest BCUT2D eigenvalue weighted by atomic mass is 32.1. The maximum Gasteiger partial charge on any atom is 0.278 e. The van der Waals surface area contributed by atoms with E-state index in [-0.39, 0.29) is 17.2 Å². The average Bonchev–Trinajstić information content (AvgIpc) is 3.43. The van der Waals surface area contributed by atoms with Gasteiger partial charge in [-0.25, -0.2) is 4.68 Å². The van der Waals surface area contributed by atoms with Gasteiger partial charge in [-0.05, 0) is 25.3 Å². The van der Waals surface area contributed by atoms with E-state index in [4.69, 9.17) is 0 Å². The first-order valence-electron chi connectivity index (χ1n) is 9.32. The van der Waals surface area contributed by atoms with Crippen LogP contribution in [0.15, 0.2) is 29.1 Å². The van der Waals surface area contributed by atoms with Gasteiger partial charge in [-0.1, -0.05) is 49.3 Å². The summed E-state index contributed by atoms with van der Waals surface area (Å²) in [5, 5.41) is 17.9. The molecule has 2 aromatic heterocycles. The zero-order valence-corrected chi connectivity index (χ0v) is 16.0. The molecule has 1 amide bonds. The summed E-state index contributed by atoms with van der Waals surface area (Å²) >= 11 is 1.41. The van der Waals surface area contributed by atoms with E-state index in [0.29, 0.717) is 28.4 Å². The SMILES string of the molecule is CCCCCn1nc(C(=O)Nc2nnc(C3CC3)s2)c2ccccc2c1=O. The van der Waals surface area contributed by atoms with Crippen LogP contribution in [-0.4, -0.2) is 25.9 Å². The summed E-state index contributed by atoms with van der Waals surface area (Å²) in [6, 6.07) is 7.10. The van der Waals surface area contributed by atoms with Crippen molar-refractivity contribution in [3.05, 3.63) is 45.3 Å². The van der Waals surface area contributed by atoms with Gasteiger partial charge < -0.3 is 0 Å². The van der Waals surface area contributed by atoms with E-state index >= 15 is 0 Å². The average molecular weight is 383 g/mol. The Morgan fingerprint density at radius 2 is 2.00 bits per heavy atom. The number of hydrogen-bond acceptors (Lipinski definition) is 6. The molecule has 0 saturated heterocycles. The van der Waals surface area contributed by atoms with Crippen LogP contribution in [-0.2, 0) is 6.54 Å². The van der Waals surface area contributed by atoms with Crippen molar-refractivity contribution < 1.29 is 4.79 Å². The second kappa shape index (κ2) is 7.56. The topological polar surface area (TPSA) is 89.8 Å². The summed E-state index contributed by atoms with van der Waals surface area (Å²) in [6.07, 6.45) is 5.19. The van der Waals surface area contributed by atoms with Crippen LogP contribution in [0.5, 0.6) is 0 Å². The number of hydrogen-bond donors (Lipinski definition) is 1. The van der Waals surface area contributed by atoms with Gasteiger partial charge in [-0.3, -0.25) is 14.9 Å². The lowest BCUT2D eigenvalue weighted by atomic mass is 10.1. The summed E-state index contributed by atoms with van der Waals surface area (Å²) in [4.78, 5) is 25.6. The maximum absolute atomic E-state index is 12.9. The van der Waals surface area contributed by atoms with Crippen LogP contribution in [0.1, 0.15) is 60.4 Å². The monoisotopic (exact) mass is 383 g/mol. The third-order valence-electron chi connectivity index (χ3n) is 4.64. The van der Waals surface area contributed by atoms with Gasteiger partial charge >= 0.3 is 0 Å². The van der Waals surface area contributed by atoms with Crippen LogP contribution in [0, 0.1) is 0 Å². The van der Waals surface area contributed by atoms with Gasteiger partial charge in [0, 0.05) is 17.8 Å². The van der Waals surface area contributed by atoms with Gasteiger partial charge in [0.2, 0.25) is 5.13 Å². The van der Waals surface area contributed by atoms with Crippen molar-refractivity contribution >= 4 is 33.1 Å². The van der Waals surface area contributed by atoms with Gasteiger partial charge in [0.25, 0.3) is 11.5 Å². The van der Waals surface area contributed by atoms with Crippen molar-refractivity contribution in [1.82, 2.24) is 20.0 Å². The number of carbonyl (C=O) groups excluding carboxylic acids is 1. The summed E-state index contributed by atoms with van der Waals surface area (Å²) < 4.78 is 1.41. The molecule has 3 aromatic rings. The number of amides is 1. The Morgan fingerprint density at radius 3 is 2.74 bits per heavy atom. The third-order valence-corrected chi connectivity index (χ3v) is 5.65. The molecule has 140 valence electrons. The van der Waals surface area contributed by atoms with Crippen LogP contribution in [0.2, 0.25) is 0 Å². The van der Waals surface area contributed by atoms with E-state index in [1.807, 2.05) is 0 Å². The summed E-state index contributed by atoms with van der Waals surface area (Å²) in [5.41, 5.74) is 0.0788. The van der Waals surface area contributed by atoms with Gasteiger partial charge in [0.1, 0.15) is 5.01 Å². The quantitative estimate of drug-likeness (QED) is 0.630. The number of fused-ring (bicyclic) bond motifs is 1. The zero-order valence-electron chi connectivity index (χ0n) is 15.1. The van der Waals surface area contributed by atoms with Crippen molar-refractivity contribution in [3.63, 3.8) is 0 Å². The summed E-state index contributed by atoms with van der Waals surface area (Å²) in [5.74, 6) is 0.126. The van der Waals surface area contributed by atoms with Crippen LogP contribution in [0.4, 0.5) is 5.13 Å². The van der Waals surface area contributed by atoms with Crippen LogP contribution >= 0.6 is 11.3 Å². The lowest BCUT2D eigenvalue weighted by Crippen LogP contribution is -2.27. The Bertz CT molecular complexity index is 1040. The number of rotatable bonds is 7. The molecule has 0 spiro atoms. The molecule has 0 atom stereocenters. The number of nitrogens with one attached hydrogen (secondary N) is 1. The number of aryl methyl sites for hydroxylation is 1. The third kappa shape index (κ3) is 3.75. The highest BCUT2D eigenvalue weighted by Crippen LogP contribution is 2.42. The predicted octanol–water partition coefficient (Wildman–Crippen LogP) is 3.57. The summed E-state index contributed by atoms with van der Waals surface area (Å²) in [7, 11) is 0. The van der Waals surface area contributed by atoms with Crippen LogP contribution < -0.4 is 10.9 Å². The van der Waals surface area contributed by atoms with E-state index in [1.165, 1.54) is 16.0 Å². The molecule has 1 fully saturated rings. The molecule has 0 aliphatic heterocycles. The number of unbranched alkanes of at least 4 members (excludes halogenated alkanes) is 2. The first-order chi connectivity index (χ1) is 13.2. The summed E-state index contributed by atoms with van der Waals surface area (Å²) in [6.45, 7) is 2.61. The molecule has 2 heterocycles. The molecule has 7 nitrogen and oxygen atoms in total. The highest BCUT2D eigenvalue weighted by molar-refractivity contribution is 7.15. The Balaban J connectivity index is 1.66. The second-order valence-corrected chi connectivity index (χ2v) is 7.81. The van der Waals surface area contributed by atoms with Crippen LogP contribution in [0.25, 0.3) is 10.8 Å². The van der Waals surface area contributed by atoms with Gasteiger partial charge in [-0.15, -0.1) is 10.2 Å². The first kappa shape index (κ1) is 17.8. The van der Waals surface area contributed by atoms with Gasteiger partial charge in [-0.2, -0.15) is 5.10 Å². The Hall–Kier alpha value is -2.61. The largest absolute Gasteiger partial charge is 0.295 e. The fourth-order valence-electron chi connectivity index (χ4n) is 3.00. The highest BCUT2D eigenvalue weighted by Gasteiger charge is 2.28. The Labute approximate surface area is 160 Å². The van der Waals surface area contributed by atoms with Crippen molar-refractivity contribution in [2.75, 3.05) is 5.32 Å². The standard InChI is InChI=1S/C19H21N5O2S/c1-2-3-6-11-24-18(26)14-8-5-4-7-13(14)15(23-24)16(25)20-19-22-21-17(27-19)12-9-10-12/h4-5,7-8,12H,2-3,6,9-11H2,1H3,(H,20,22,25). The number of benzene rings is 1. The molecule has 0 bridgehead atoms. The van der Waals surface area contributed by atoms with Crippen LogP contribution in [0.3, 0.4) is 0 Å². The smallest absolute Gasteiger partial charge is 0.278 e. The lowest BCUT2D eigenvalue weighted by Gasteiger charge is -2.10. The molecule has 0 unspecified atom stereocenters. The molecule has 1 N–H and O–H groups in total. The molecule has 8 heteroatoms. The van der Waals surface area contributed by atoms with Crippen molar-refractivity contribution in [1.29, 1.82) is 0 Å². The molecule has 0 radical (unpaired) electrons. The molecule has 1 saturated carbocycles. The molecule has 1 aliphatic carbocycles. The fourth-order valence-corrected chi connectivity index (χ4v) is 3.91. The van der Waals surface area contributed by atoms with E-state index < -0.39 is 0 Å². The van der Waals surface area contributed by atoms with Gasteiger partial charge in [0.05, 0.1) is 5.39 Å². The number of carbonyl (C=O) groups is 1. The molecular formula is C19H21N5O2S. The maximum atomic E-state index is 12.9. The van der Waals surface area contributed by atoms with Crippen molar-refractivity contribution in [2.24, 2.45) is 0 Å². The van der Waals surface area contributed by atoms with Gasteiger partial charge in [0.15, 0.2) is 5.69 Å². The molecular weight excluding hydrogens is 362 g/mol. The molecule has 1 aliphatic rings. The molecule has 27 heavy (non-hydrogen) atoms. The number of nitrogens with zero attached hydrogens (tertiary/aromatic N) is 4. The Morgan fingerprint density at radius 1 is 1.22 bits per heavy atom. The first-order valence-corrected chi connectivity index (χ1v) is 10.1. The fraction of sp³-hybridized carbons (Fsp3) is 0.421. The molecule has 1 aromatic carbocycles. The minimum atomic E-state index is -0.367. The predicted molar refractivity (Wildman–Crippen MR) is 105 cm³/mol. The molecule has 4 rings (SSSR count). The van der Waals surface area contributed by atoms with E-state index in [2.05, 4.69) is 27.5 Å². The van der Waals surface area contributed by atoms with Crippen molar-refractivity contribution in [2.45, 2.75) is 51.5 Å². The second-order valence-electron chi connectivity index (χ2n) is 6.80. The normalized spacial score (nSPS) is 13.8. The number of aromatic nitrogens is 4.